The van der Waals surface area contributed by atoms with E-state index in [1.807, 2.05) is 40.2 Å². The summed E-state index contributed by atoms with van der Waals surface area (Å²) in [5.41, 5.74) is 0.976. The van der Waals surface area contributed by atoms with Crippen LogP contribution < -0.4 is 10.6 Å². The van der Waals surface area contributed by atoms with E-state index < -0.39 is 0 Å². The van der Waals surface area contributed by atoms with Crippen molar-refractivity contribution in [3.05, 3.63) is 23.7 Å². The highest BCUT2D eigenvalue weighted by Crippen LogP contribution is 2.22. The molecule has 6 nitrogen and oxygen atoms in total. The van der Waals surface area contributed by atoms with Gasteiger partial charge >= 0.3 is 0 Å². The van der Waals surface area contributed by atoms with E-state index in [0.717, 1.165) is 28.8 Å². The van der Waals surface area contributed by atoms with Crippen molar-refractivity contribution in [3.8, 4) is 0 Å². The minimum absolute atomic E-state index is 0.721. The molecule has 0 saturated carbocycles. The summed E-state index contributed by atoms with van der Waals surface area (Å²) in [5, 5.41) is 10.5. The summed E-state index contributed by atoms with van der Waals surface area (Å²) in [6, 6.07) is 1.90. The molecule has 0 spiro atoms. The van der Waals surface area contributed by atoms with Gasteiger partial charge in [-0.3, -0.25) is 4.68 Å². The first-order valence-electron chi connectivity index (χ1n) is 5.40. The Balaban J connectivity index is 2.35. The molecule has 0 unspecified atom stereocenters. The second-order valence-corrected chi connectivity index (χ2v) is 3.84. The fourth-order valence-electron chi connectivity index (χ4n) is 1.60. The first-order chi connectivity index (χ1) is 8.10. The summed E-state index contributed by atoms with van der Waals surface area (Å²) in [5.74, 6) is 3.10. The van der Waals surface area contributed by atoms with Crippen molar-refractivity contribution < 1.29 is 0 Å². The van der Waals surface area contributed by atoms with Crippen LogP contribution in [0.15, 0.2) is 12.3 Å². The molecule has 0 fully saturated rings. The number of hydrogen-bond donors (Lipinski definition) is 2. The molecule has 17 heavy (non-hydrogen) atoms. The van der Waals surface area contributed by atoms with Crippen LogP contribution in [0.5, 0.6) is 0 Å². The molecule has 0 aliphatic carbocycles. The fourth-order valence-corrected chi connectivity index (χ4v) is 1.60. The Labute approximate surface area is 100 Å². The Kier molecular flexibility index (Phi) is 2.95. The van der Waals surface area contributed by atoms with Gasteiger partial charge in [-0.25, -0.2) is 9.97 Å². The lowest BCUT2D eigenvalue weighted by molar-refractivity contribution is 0.771. The summed E-state index contributed by atoms with van der Waals surface area (Å²) in [4.78, 5) is 8.69. The van der Waals surface area contributed by atoms with Gasteiger partial charge in [0.2, 0.25) is 0 Å². The van der Waals surface area contributed by atoms with Crippen LogP contribution in [0.25, 0.3) is 0 Å². The van der Waals surface area contributed by atoms with Crippen LogP contribution in [-0.2, 0) is 7.05 Å². The van der Waals surface area contributed by atoms with E-state index in [4.69, 9.17) is 0 Å². The maximum Gasteiger partial charge on any atom is 0.153 e. The summed E-state index contributed by atoms with van der Waals surface area (Å²) in [7, 11) is 3.72. The largest absolute Gasteiger partial charge is 0.373 e. The zero-order valence-corrected chi connectivity index (χ0v) is 10.4. The average molecular weight is 232 g/mol. The van der Waals surface area contributed by atoms with Crippen LogP contribution in [0, 0.1) is 13.8 Å². The molecule has 0 atom stereocenters. The van der Waals surface area contributed by atoms with Crippen LogP contribution in [0.3, 0.4) is 0 Å². The quantitative estimate of drug-likeness (QED) is 0.841. The van der Waals surface area contributed by atoms with Crippen LogP contribution in [-0.4, -0.2) is 26.8 Å². The number of nitrogens with one attached hydrogen (secondary N) is 2. The second-order valence-electron chi connectivity index (χ2n) is 3.84. The lowest BCUT2D eigenvalue weighted by Crippen LogP contribution is -2.05. The maximum absolute atomic E-state index is 4.37. The first kappa shape index (κ1) is 11.4. The molecule has 0 aliphatic heterocycles. The van der Waals surface area contributed by atoms with Crippen molar-refractivity contribution in [2.45, 2.75) is 13.8 Å². The molecule has 0 bridgehead atoms. The Bertz CT molecular complexity index is 531. The van der Waals surface area contributed by atoms with Gasteiger partial charge in [0.1, 0.15) is 17.5 Å². The first-order valence-corrected chi connectivity index (χ1v) is 5.40. The zero-order chi connectivity index (χ0) is 12.4. The molecule has 2 aromatic heterocycles. The highest BCUT2D eigenvalue weighted by Gasteiger charge is 2.09. The SMILES string of the molecule is CNc1nc(C)nc(Nc2ccn(C)n2)c1C. The number of anilines is 3. The lowest BCUT2D eigenvalue weighted by atomic mass is 10.3. The summed E-state index contributed by atoms with van der Waals surface area (Å²) < 4.78 is 1.74. The van der Waals surface area contributed by atoms with Gasteiger partial charge in [-0.15, -0.1) is 0 Å². The Morgan fingerprint density at radius 1 is 1.18 bits per heavy atom. The monoisotopic (exact) mass is 232 g/mol. The minimum Gasteiger partial charge on any atom is -0.373 e. The Hall–Kier alpha value is -2.11. The molecule has 6 heteroatoms. The third-order valence-electron chi connectivity index (χ3n) is 2.45. The van der Waals surface area contributed by atoms with E-state index in [1.54, 1.807) is 4.68 Å². The van der Waals surface area contributed by atoms with E-state index >= 15 is 0 Å². The number of aromatic nitrogens is 4. The normalized spacial score (nSPS) is 10.4. The van der Waals surface area contributed by atoms with Crippen molar-refractivity contribution >= 4 is 17.5 Å². The average Bonchev–Trinajstić information content (AvgIpc) is 2.69. The molecule has 0 saturated heterocycles. The molecule has 0 aromatic carbocycles. The minimum atomic E-state index is 0.721. The van der Waals surface area contributed by atoms with E-state index in [1.165, 1.54) is 0 Å². The molecule has 2 heterocycles. The molecular formula is C11H16N6. The topological polar surface area (TPSA) is 67.7 Å². The standard InChI is InChI=1S/C11H16N6/c1-7-10(12-3)13-8(2)14-11(7)15-9-5-6-17(4)16-9/h5-6H,1-4H3,(H2,12,13,14,15,16). The van der Waals surface area contributed by atoms with Crippen LogP contribution in [0.2, 0.25) is 0 Å². The highest BCUT2D eigenvalue weighted by atomic mass is 15.3. The van der Waals surface area contributed by atoms with Crippen LogP contribution >= 0.6 is 0 Å². The predicted octanol–water partition coefficient (Wildman–Crippen LogP) is 1.61. The summed E-state index contributed by atoms with van der Waals surface area (Å²) in [6.07, 6.45) is 1.88. The van der Waals surface area contributed by atoms with E-state index in [0.29, 0.717) is 0 Å². The van der Waals surface area contributed by atoms with Crippen LogP contribution in [0.1, 0.15) is 11.4 Å². The summed E-state index contributed by atoms with van der Waals surface area (Å²) >= 11 is 0. The van der Waals surface area contributed by atoms with Gasteiger partial charge in [0.05, 0.1) is 0 Å². The van der Waals surface area contributed by atoms with Crippen molar-refractivity contribution in [3.63, 3.8) is 0 Å². The molecule has 0 radical (unpaired) electrons. The van der Waals surface area contributed by atoms with Crippen molar-refractivity contribution in [1.29, 1.82) is 0 Å². The van der Waals surface area contributed by atoms with Gasteiger partial charge in [0, 0.05) is 31.9 Å². The van der Waals surface area contributed by atoms with Gasteiger partial charge < -0.3 is 10.6 Å². The Morgan fingerprint density at radius 3 is 2.47 bits per heavy atom. The molecule has 90 valence electrons. The molecule has 0 amide bonds. The lowest BCUT2D eigenvalue weighted by Gasteiger charge is -2.10. The third kappa shape index (κ3) is 2.35. The van der Waals surface area contributed by atoms with E-state index in [2.05, 4.69) is 25.7 Å². The van der Waals surface area contributed by atoms with Crippen LogP contribution in [0.4, 0.5) is 17.5 Å². The Morgan fingerprint density at radius 2 is 1.88 bits per heavy atom. The van der Waals surface area contributed by atoms with Crippen molar-refractivity contribution in [1.82, 2.24) is 19.7 Å². The van der Waals surface area contributed by atoms with Crippen molar-refractivity contribution in [2.75, 3.05) is 17.7 Å². The number of rotatable bonds is 3. The molecule has 0 aliphatic rings. The molecule has 2 rings (SSSR count). The molecule has 2 aromatic rings. The van der Waals surface area contributed by atoms with Gasteiger partial charge in [-0.2, -0.15) is 5.10 Å². The fraction of sp³-hybridized carbons (Fsp3) is 0.364. The zero-order valence-electron chi connectivity index (χ0n) is 10.4. The number of nitrogens with zero attached hydrogens (tertiary/aromatic N) is 4. The number of hydrogen-bond acceptors (Lipinski definition) is 5. The predicted molar refractivity (Wildman–Crippen MR) is 67.5 cm³/mol. The van der Waals surface area contributed by atoms with Gasteiger partial charge in [0.25, 0.3) is 0 Å². The molecule has 2 N–H and O–H groups in total. The van der Waals surface area contributed by atoms with E-state index in [9.17, 15) is 0 Å². The third-order valence-corrected chi connectivity index (χ3v) is 2.45. The van der Waals surface area contributed by atoms with Crippen molar-refractivity contribution in [2.24, 2.45) is 7.05 Å². The maximum atomic E-state index is 4.37. The van der Waals surface area contributed by atoms with E-state index in [-0.39, 0.29) is 0 Å². The molecular weight excluding hydrogens is 216 g/mol. The number of aryl methyl sites for hydroxylation is 2. The van der Waals surface area contributed by atoms with Gasteiger partial charge in [-0.1, -0.05) is 0 Å². The second kappa shape index (κ2) is 4.40. The van der Waals surface area contributed by atoms with Gasteiger partial charge in [0.15, 0.2) is 5.82 Å². The smallest absolute Gasteiger partial charge is 0.153 e. The summed E-state index contributed by atoms with van der Waals surface area (Å²) in [6.45, 7) is 3.83. The highest BCUT2D eigenvalue weighted by molar-refractivity contribution is 5.62. The van der Waals surface area contributed by atoms with Gasteiger partial charge in [-0.05, 0) is 13.8 Å².